The van der Waals surface area contributed by atoms with Crippen molar-refractivity contribution in [1.29, 1.82) is 0 Å². The van der Waals surface area contributed by atoms with Crippen molar-refractivity contribution in [2.24, 2.45) is 0 Å². The molecule has 0 fully saturated rings. The first-order valence-corrected chi connectivity index (χ1v) is 4.31. The Kier molecular flexibility index (Phi) is 3.59. The van der Waals surface area contributed by atoms with Crippen LogP contribution in [-0.4, -0.2) is 37.1 Å². The second kappa shape index (κ2) is 4.72. The molecule has 0 spiro atoms. The fourth-order valence-electron chi connectivity index (χ4n) is 1.11. The van der Waals surface area contributed by atoms with Crippen molar-refractivity contribution < 1.29 is 9.53 Å². The lowest BCUT2D eigenvalue weighted by atomic mass is 10.2. The van der Waals surface area contributed by atoms with Gasteiger partial charge in [0.05, 0.1) is 7.11 Å². The van der Waals surface area contributed by atoms with E-state index in [9.17, 15) is 4.79 Å². The van der Waals surface area contributed by atoms with Gasteiger partial charge in [-0.1, -0.05) is 6.07 Å². The molecule has 0 aliphatic rings. The Morgan fingerprint density at radius 2 is 2.21 bits per heavy atom. The van der Waals surface area contributed by atoms with Crippen LogP contribution in [0, 0.1) is 0 Å². The highest BCUT2D eigenvalue weighted by Crippen LogP contribution is 2.03. The van der Waals surface area contributed by atoms with Gasteiger partial charge in [0.25, 0.3) is 0 Å². The summed E-state index contributed by atoms with van der Waals surface area (Å²) in [5, 5.41) is 0. The second-order valence-corrected chi connectivity index (χ2v) is 3.28. The molecule has 0 aliphatic heterocycles. The van der Waals surface area contributed by atoms with Gasteiger partial charge in [-0.2, -0.15) is 0 Å². The maximum absolute atomic E-state index is 11.1. The van der Waals surface area contributed by atoms with Crippen molar-refractivity contribution in [3.63, 3.8) is 0 Å². The largest absolute Gasteiger partial charge is 0.464 e. The van der Waals surface area contributed by atoms with E-state index in [1.807, 2.05) is 25.1 Å². The number of carbonyl (C=O) groups is 1. The van der Waals surface area contributed by atoms with E-state index in [0.717, 1.165) is 12.1 Å². The van der Waals surface area contributed by atoms with Crippen molar-refractivity contribution in [2.45, 2.75) is 6.54 Å². The van der Waals surface area contributed by atoms with Gasteiger partial charge in [0, 0.05) is 12.7 Å². The zero-order chi connectivity index (χ0) is 10.6. The van der Waals surface area contributed by atoms with Crippen LogP contribution < -0.4 is 0 Å². The molecule has 0 N–H and O–H groups in total. The van der Waals surface area contributed by atoms with Gasteiger partial charge < -0.3 is 9.64 Å². The smallest absolute Gasteiger partial charge is 0.356 e. The molecular formula is C10H14N2O2. The van der Waals surface area contributed by atoms with Gasteiger partial charge in [0.15, 0.2) is 0 Å². The third-order valence-corrected chi connectivity index (χ3v) is 1.72. The maximum Gasteiger partial charge on any atom is 0.356 e. The van der Waals surface area contributed by atoms with Crippen LogP contribution in [0.2, 0.25) is 0 Å². The van der Waals surface area contributed by atoms with Gasteiger partial charge in [-0.15, -0.1) is 0 Å². The Balaban J connectivity index is 2.73. The highest BCUT2D eigenvalue weighted by atomic mass is 16.5. The molecule has 0 unspecified atom stereocenters. The van der Waals surface area contributed by atoms with E-state index >= 15 is 0 Å². The minimum Gasteiger partial charge on any atom is -0.464 e. The number of esters is 1. The molecule has 0 aliphatic carbocycles. The number of pyridine rings is 1. The third kappa shape index (κ3) is 2.81. The number of aromatic nitrogens is 1. The molecule has 1 heterocycles. The summed E-state index contributed by atoms with van der Waals surface area (Å²) in [6.07, 6.45) is 1.69. The normalized spacial score (nSPS) is 10.3. The molecule has 76 valence electrons. The van der Waals surface area contributed by atoms with E-state index in [0.29, 0.717) is 5.69 Å². The van der Waals surface area contributed by atoms with Crippen LogP contribution in [0.5, 0.6) is 0 Å². The molecule has 0 saturated heterocycles. The molecule has 1 aromatic heterocycles. The van der Waals surface area contributed by atoms with Gasteiger partial charge in [-0.25, -0.2) is 9.78 Å². The molecule has 0 saturated carbocycles. The van der Waals surface area contributed by atoms with E-state index in [1.165, 1.54) is 7.11 Å². The number of hydrogen-bond acceptors (Lipinski definition) is 4. The summed E-state index contributed by atoms with van der Waals surface area (Å²) in [7, 11) is 5.31. The van der Waals surface area contributed by atoms with E-state index < -0.39 is 5.97 Å². The summed E-state index contributed by atoms with van der Waals surface area (Å²) in [4.78, 5) is 17.1. The SMILES string of the molecule is COC(=O)c1ccc(CN(C)C)cn1. The first-order chi connectivity index (χ1) is 6.63. The zero-order valence-electron chi connectivity index (χ0n) is 8.65. The third-order valence-electron chi connectivity index (χ3n) is 1.72. The van der Waals surface area contributed by atoms with Crippen molar-refractivity contribution >= 4 is 5.97 Å². The van der Waals surface area contributed by atoms with Crippen LogP contribution in [0.15, 0.2) is 18.3 Å². The van der Waals surface area contributed by atoms with Crippen LogP contribution >= 0.6 is 0 Å². The van der Waals surface area contributed by atoms with Crippen molar-refractivity contribution in [1.82, 2.24) is 9.88 Å². The minimum atomic E-state index is -0.401. The molecule has 14 heavy (non-hydrogen) atoms. The Bertz CT molecular complexity index is 306. The van der Waals surface area contributed by atoms with Gasteiger partial charge in [-0.3, -0.25) is 0 Å². The summed E-state index contributed by atoms with van der Waals surface area (Å²) in [6.45, 7) is 0.814. The van der Waals surface area contributed by atoms with Gasteiger partial charge in [-0.05, 0) is 25.7 Å². The Morgan fingerprint density at radius 1 is 1.50 bits per heavy atom. The molecule has 4 nitrogen and oxygen atoms in total. The molecule has 4 heteroatoms. The van der Waals surface area contributed by atoms with Gasteiger partial charge in [0.1, 0.15) is 5.69 Å². The average Bonchev–Trinajstić information content (AvgIpc) is 2.17. The number of rotatable bonds is 3. The van der Waals surface area contributed by atoms with E-state index in [2.05, 4.69) is 9.72 Å². The number of ether oxygens (including phenoxy) is 1. The van der Waals surface area contributed by atoms with E-state index in [-0.39, 0.29) is 0 Å². The van der Waals surface area contributed by atoms with Crippen molar-refractivity contribution in [3.05, 3.63) is 29.6 Å². The first kappa shape index (κ1) is 10.7. The van der Waals surface area contributed by atoms with Crippen LogP contribution in [0.4, 0.5) is 0 Å². The van der Waals surface area contributed by atoms with E-state index in [1.54, 1.807) is 12.3 Å². The minimum absolute atomic E-state index is 0.343. The fourth-order valence-corrected chi connectivity index (χ4v) is 1.11. The molecule has 0 bridgehead atoms. The summed E-state index contributed by atoms with van der Waals surface area (Å²) in [5.41, 5.74) is 1.41. The molecule has 1 aromatic rings. The number of methoxy groups -OCH3 is 1. The number of carbonyl (C=O) groups excluding carboxylic acids is 1. The zero-order valence-corrected chi connectivity index (χ0v) is 8.65. The lowest BCUT2D eigenvalue weighted by molar-refractivity contribution is 0.0594. The molecule has 0 aromatic carbocycles. The molecule has 1 rings (SSSR count). The Morgan fingerprint density at radius 3 is 2.64 bits per heavy atom. The Labute approximate surface area is 83.5 Å². The van der Waals surface area contributed by atoms with Gasteiger partial charge >= 0.3 is 5.97 Å². The summed E-state index contributed by atoms with van der Waals surface area (Å²) in [5.74, 6) is -0.401. The molecule has 0 radical (unpaired) electrons. The lowest BCUT2D eigenvalue weighted by Gasteiger charge is -2.08. The van der Waals surface area contributed by atoms with Crippen LogP contribution in [0.25, 0.3) is 0 Å². The highest BCUT2D eigenvalue weighted by molar-refractivity contribution is 5.86. The number of hydrogen-bond donors (Lipinski definition) is 0. The summed E-state index contributed by atoms with van der Waals surface area (Å²) in [6, 6.07) is 3.55. The lowest BCUT2D eigenvalue weighted by Crippen LogP contribution is -2.11. The van der Waals surface area contributed by atoms with Crippen LogP contribution in [-0.2, 0) is 11.3 Å². The summed E-state index contributed by atoms with van der Waals surface area (Å²) < 4.78 is 4.55. The molecule has 0 amide bonds. The van der Waals surface area contributed by atoms with Crippen molar-refractivity contribution in [2.75, 3.05) is 21.2 Å². The first-order valence-electron chi connectivity index (χ1n) is 4.31. The second-order valence-electron chi connectivity index (χ2n) is 3.28. The van der Waals surface area contributed by atoms with E-state index in [4.69, 9.17) is 0 Å². The summed E-state index contributed by atoms with van der Waals surface area (Å²) >= 11 is 0. The predicted octanol–water partition coefficient (Wildman–Crippen LogP) is 0.930. The van der Waals surface area contributed by atoms with Gasteiger partial charge in [0.2, 0.25) is 0 Å². The standard InChI is InChI=1S/C10H14N2O2/c1-12(2)7-8-4-5-9(11-6-8)10(13)14-3/h4-6H,7H2,1-3H3. The van der Waals surface area contributed by atoms with Crippen LogP contribution in [0.1, 0.15) is 16.1 Å². The maximum atomic E-state index is 11.1. The number of nitrogens with zero attached hydrogens (tertiary/aromatic N) is 2. The predicted molar refractivity (Wildman–Crippen MR) is 53.0 cm³/mol. The average molecular weight is 194 g/mol. The quantitative estimate of drug-likeness (QED) is 0.671. The van der Waals surface area contributed by atoms with Crippen molar-refractivity contribution in [3.8, 4) is 0 Å². The topological polar surface area (TPSA) is 42.4 Å². The van der Waals surface area contributed by atoms with Crippen LogP contribution in [0.3, 0.4) is 0 Å². The Hall–Kier alpha value is -1.42. The monoisotopic (exact) mass is 194 g/mol. The molecular weight excluding hydrogens is 180 g/mol. The molecule has 0 atom stereocenters. The highest BCUT2D eigenvalue weighted by Gasteiger charge is 2.05. The fraction of sp³-hybridized carbons (Fsp3) is 0.400.